The maximum atomic E-state index is 12.2. The molecule has 0 bridgehead atoms. The topological polar surface area (TPSA) is 64.8 Å². The van der Waals surface area contributed by atoms with Crippen LogP contribution in [0.4, 0.5) is 4.79 Å². The summed E-state index contributed by atoms with van der Waals surface area (Å²) < 4.78 is 11.0. The zero-order chi connectivity index (χ0) is 13.3. The first-order chi connectivity index (χ1) is 8.42. The minimum atomic E-state index is -0.448. The van der Waals surface area contributed by atoms with Crippen LogP contribution in [0.5, 0.6) is 0 Å². The fourth-order valence-corrected chi connectivity index (χ4v) is 2.86. The number of fused-ring (bicyclic) bond motifs is 1. The molecule has 0 saturated carbocycles. The van der Waals surface area contributed by atoms with Crippen LogP contribution in [0.15, 0.2) is 0 Å². The second-order valence-electron chi connectivity index (χ2n) is 6.23. The monoisotopic (exact) mass is 256 g/mol. The van der Waals surface area contributed by atoms with Crippen LogP contribution in [-0.4, -0.2) is 48.9 Å². The molecule has 0 aromatic rings. The van der Waals surface area contributed by atoms with E-state index in [9.17, 15) is 4.79 Å². The number of rotatable bonds is 1. The fourth-order valence-electron chi connectivity index (χ4n) is 2.86. The number of hydrogen-bond donors (Lipinski definition) is 1. The lowest BCUT2D eigenvalue weighted by Gasteiger charge is -2.41. The van der Waals surface area contributed by atoms with Crippen LogP contribution in [0.3, 0.4) is 0 Å². The Morgan fingerprint density at radius 2 is 2.17 bits per heavy atom. The van der Waals surface area contributed by atoms with E-state index in [0.29, 0.717) is 31.6 Å². The molecule has 2 aliphatic rings. The molecule has 0 aromatic carbocycles. The summed E-state index contributed by atoms with van der Waals surface area (Å²) in [5, 5.41) is 0. The number of carbonyl (C=O) groups excluding carboxylic acids is 1. The van der Waals surface area contributed by atoms with Gasteiger partial charge in [0.15, 0.2) is 0 Å². The standard InChI is InChI=1S/C13H24N2O3/c1-13(2,3)18-12(16)15-5-4-9(6-14)10-7-17-8-11(10)15/h9-11H,4-8,14H2,1-3H3. The number of likely N-dealkylation sites (tertiary alicyclic amines) is 1. The maximum absolute atomic E-state index is 12.2. The quantitative estimate of drug-likeness (QED) is 0.766. The Morgan fingerprint density at radius 1 is 1.44 bits per heavy atom. The molecule has 0 spiro atoms. The molecule has 3 atom stereocenters. The van der Waals surface area contributed by atoms with Gasteiger partial charge in [0.2, 0.25) is 0 Å². The Balaban J connectivity index is 2.04. The second kappa shape index (κ2) is 5.05. The van der Waals surface area contributed by atoms with E-state index in [1.807, 2.05) is 25.7 Å². The van der Waals surface area contributed by atoms with Crippen molar-refractivity contribution in [1.29, 1.82) is 0 Å². The third-order valence-electron chi connectivity index (χ3n) is 3.77. The molecule has 5 heteroatoms. The zero-order valence-corrected chi connectivity index (χ0v) is 11.5. The third kappa shape index (κ3) is 2.78. The predicted molar refractivity (Wildman–Crippen MR) is 68.2 cm³/mol. The van der Waals surface area contributed by atoms with E-state index in [-0.39, 0.29) is 12.1 Å². The van der Waals surface area contributed by atoms with Gasteiger partial charge in [-0.05, 0) is 39.7 Å². The van der Waals surface area contributed by atoms with Gasteiger partial charge in [-0.25, -0.2) is 4.79 Å². The second-order valence-corrected chi connectivity index (χ2v) is 6.23. The van der Waals surface area contributed by atoms with Crippen molar-refractivity contribution >= 4 is 6.09 Å². The first-order valence-electron chi connectivity index (χ1n) is 6.70. The largest absolute Gasteiger partial charge is 0.444 e. The van der Waals surface area contributed by atoms with E-state index < -0.39 is 5.60 Å². The summed E-state index contributed by atoms with van der Waals surface area (Å²) in [6, 6.07) is 0.141. The Bertz CT molecular complexity index is 314. The van der Waals surface area contributed by atoms with Gasteiger partial charge < -0.3 is 20.1 Å². The number of hydrogen-bond acceptors (Lipinski definition) is 4. The maximum Gasteiger partial charge on any atom is 0.410 e. The summed E-state index contributed by atoms with van der Waals surface area (Å²) >= 11 is 0. The first-order valence-corrected chi connectivity index (χ1v) is 6.70. The van der Waals surface area contributed by atoms with E-state index in [1.165, 1.54) is 0 Å². The lowest BCUT2D eigenvalue weighted by molar-refractivity contribution is -0.00155. The van der Waals surface area contributed by atoms with Gasteiger partial charge in [-0.15, -0.1) is 0 Å². The normalized spacial score (nSPS) is 32.2. The molecule has 2 rings (SSSR count). The molecule has 1 amide bonds. The molecule has 2 heterocycles. The van der Waals surface area contributed by atoms with Crippen LogP contribution in [0, 0.1) is 11.8 Å². The van der Waals surface area contributed by atoms with Crippen LogP contribution in [-0.2, 0) is 9.47 Å². The van der Waals surface area contributed by atoms with Gasteiger partial charge in [0.25, 0.3) is 0 Å². The van der Waals surface area contributed by atoms with Gasteiger partial charge in [-0.3, -0.25) is 0 Å². The van der Waals surface area contributed by atoms with Gasteiger partial charge >= 0.3 is 6.09 Å². The Kier molecular flexibility index (Phi) is 3.82. The average Bonchev–Trinajstić information content (AvgIpc) is 2.73. The number of nitrogens with zero attached hydrogens (tertiary/aromatic N) is 1. The SMILES string of the molecule is CC(C)(C)OC(=O)N1CCC(CN)C2COCC21. The summed E-state index contributed by atoms with van der Waals surface area (Å²) in [6.45, 7) is 8.39. The Hall–Kier alpha value is -0.810. The van der Waals surface area contributed by atoms with Crippen molar-refractivity contribution in [2.45, 2.75) is 38.8 Å². The fraction of sp³-hybridized carbons (Fsp3) is 0.923. The molecule has 5 nitrogen and oxygen atoms in total. The molecular formula is C13H24N2O3. The van der Waals surface area contributed by atoms with Crippen molar-refractivity contribution in [2.24, 2.45) is 17.6 Å². The molecule has 2 fully saturated rings. The van der Waals surface area contributed by atoms with Gasteiger partial charge in [0.05, 0.1) is 19.3 Å². The summed E-state index contributed by atoms with van der Waals surface area (Å²) in [7, 11) is 0. The first kappa shape index (κ1) is 13.6. The zero-order valence-electron chi connectivity index (χ0n) is 11.5. The molecule has 0 radical (unpaired) electrons. The van der Waals surface area contributed by atoms with Crippen LogP contribution in [0.2, 0.25) is 0 Å². The lowest BCUT2D eigenvalue weighted by atomic mass is 9.82. The Morgan fingerprint density at radius 3 is 2.78 bits per heavy atom. The summed E-state index contributed by atoms with van der Waals surface area (Å²) in [6.07, 6.45) is 0.721. The van der Waals surface area contributed by atoms with Gasteiger partial charge in [-0.1, -0.05) is 0 Å². The average molecular weight is 256 g/mol. The summed E-state index contributed by atoms with van der Waals surface area (Å²) in [5.74, 6) is 0.840. The van der Waals surface area contributed by atoms with Crippen LogP contribution in [0.25, 0.3) is 0 Å². The van der Waals surface area contributed by atoms with Gasteiger partial charge in [0.1, 0.15) is 5.60 Å². The number of amides is 1. The number of carbonyl (C=O) groups is 1. The summed E-state index contributed by atoms with van der Waals surface area (Å²) in [5.41, 5.74) is 5.34. The van der Waals surface area contributed by atoms with E-state index in [2.05, 4.69) is 0 Å². The van der Waals surface area contributed by atoms with Crippen LogP contribution >= 0.6 is 0 Å². The number of piperidine rings is 1. The smallest absolute Gasteiger partial charge is 0.410 e. The molecule has 104 valence electrons. The van der Waals surface area contributed by atoms with Crippen molar-refractivity contribution in [1.82, 2.24) is 4.90 Å². The van der Waals surface area contributed by atoms with E-state index in [0.717, 1.165) is 13.0 Å². The molecular weight excluding hydrogens is 232 g/mol. The predicted octanol–water partition coefficient (Wildman–Crippen LogP) is 1.22. The molecule has 2 aliphatic heterocycles. The molecule has 2 saturated heterocycles. The van der Waals surface area contributed by atoms with E-state index in [4.69, 9.17) is 15.2 Å². The van der Waals surface area contributed by atoms with E-state index in [1.54, 1.807) is 0 Å². The Labute approximate surface area is 109 Å². The highest BCUT2D eigenvalue weighted by atomic mass is 16.6. The van der Waals surface area contributed by atoms with E-state index >= 15 is 0 Å². The van der Waals surface area contributed by atoms with Gasteiger partial charge in [0, 0.05) is 12.5 Å². The molecule has 18 heavy (non-hydrogen) atoms. The highest BCUT2D eigenvalue weighted by Crippen LogP contribution is 2.33. The molecule has 0 aromatic heterocycles. The van der Waals surface area contributed by atoms with Crippen molar-refractivity contribution in [3.05, 3.63) is 0 Å². The van der Waals surface area contributed by atoms with Crippen molar-refractivity contribution < 1.29 is 14.3 Å². The highest BCUT2D eigenvalue weighted by molar-refractivity contribution is 5.68. The highest BCUT2D eigenvalue weighted by Gasteiger charge is 2.44. The molecule has 3 unspecified atom stereocenters. The summed E-state index contributed by atoms with van der Waals surface area (Å²) in [4.78, 5) is 14.0. The van der Waals surface area contributed by atoms with Crippen LogP contribution in [0.1, 0.15) is 27.2 Å². The minimum absolute atomic E-state index is 0.141. The van der Waals surface area contributed by atoms with Crippen LogP contribution < -0.4 is 5.73 Å². The van der Waals surface area contributed by atoms with Crippen molar-refractivity contribution in [3.63, 3.8) is 0 Å². The van der Waals surface area contributed by atoms with Gasteiger partial charge in [-0.2, -0.15) is 0 Å². The lowest BCUT2D eigenvalue weighted by Crippen LogP contribution is -2.53. The minimum Gasteiger partial charge on any atom is -0.444 e. The molecule has 0 aliphatic carbocycles. The molecule has 2 N–H and O–H groups in total. The number of ether oxygens (including phenoxy) is 2. The number of nitrogens with two attached hydrogens (primary N) is 1. The van der Waals surface area contributed by atoms with Crippen molar-refractivity contribution in [2.75, 3.05) is 26.3 Å². The van der Waals surface area contributed by atoms with Crippen molar-refractivity contribution in [3.8, 4) is 0 Å². The third-order valence-corrected chi connectivity index (χ3v) is 3.77.